The molecule has 0 bridgehead atoms. The van der Waals surface area contributed by atoms with Gasteiger partial charge in [-0.15, -0.1) is 16.4 Å². The number of aliphatic hydroxyl groups is 2. The van der Waals surface area contributed by atoms with Crippen molar-refractivity contribution in [2.45, 2.75) is 70.0 Å². The van der Waals surface area contributed by atoms with Crippen LogP contribution >= 0.6 is 11.3 Å². The van der Waals surface area contributed by atoms with E-state index < -0.39 is 18.5 Å². The third-order valence-corrected chi connectivity index (χ3v) is 8.10. The molecule has 11 heteroatoms. The number of nitrogens with two attached hydrogens (primary N) is 1. The topological polar surface area (TPSA) is 145 Å². The molecular weight excluding hydrogens is 554 g/mol. The van der Waals surface area contributed by atoms with Crippen LogP contribution in [0, 0.1) is 0 Å². The van der Waals surface area contributed by atoms with Gasteiger partial charge in [-0.05, 0) is 66.2 Å². The van der Waals surface area contributed by atoms with Gasteiger partial charge in [-0.1, -0.05) is 30.2 Å². The normalized spacial score (nSPS) is 18.6. The fraction of sp³-hybridized carbons (Fsp3) is 0.387. The van der Waals surface area contributed by atoms with E-state index in [-0.39, 0.29) is 12.5 Å². The summed E-state index contributed by atoms with van der Waals surface area (Å²) < 4.78 is 13.3. The molecule has 4 aromatic rings. The number of amides is 1. The number of hydrogen-bond acceptors (Lipinski definition) is 9. The second kappa shape index (κ2) is 14.4. The third kappa shape index (κ3) is 8.16. The molecule has 0 spiro atoms. The molecule has 10 nitrogen and oxygen atoms in total. The molecule has 0 saturated carbocycles. The van der Waals surface area contributed by atoms with E-state index in [1.807, 2.05) is 70.9 Å². The Morgan fingerprint density at radius 3 is 2.69 bits per heavy atom. The van der Waals surface area contributed by atoms with Gasteiger partial charge in [-0.3, -0.25) is 9.48 Å². The van der Waals surface area contributed by atoms with Gasteiger partial charge in [-0.2, -0.15) is 0 Å². The molecule has 5 N–H and O–H groups in total. The van der Waals surface area contributed by atoms with E-state index >= 15 is 0 Å². The molecule has 1 unspecified atom stereocenters. The maximum absolute atomic E-state index is 12.5. The second-order valence-electron chi connectivity index (χ2n) is 10.5. The molecule has 2 aromatic heterocycles. The van der Waals surface area contributed by atoms with E-state index in [2.05, 4.69) is 15.6 Å². The first-order valence-corrected chi connectivity index (χ1v) is 15.2. The molecule has 1 saturated heterocycles. The predicted molar refractivity (Wildman–Crippen MR) is 163 cm³/mol. The smallest absolute Gasteiger partial charge is 0.224 e. The summed E-state index contributed by atoms with van der Waals surface area (Å²) in [7, 11) is 0. The number of benzene rings is 2. The van der Waals surface area contributed by atoms with Crippen LogP contribution in [0.25, 0.3) is 21.7 Å². The summed E-state index contributed by atoms with van der Waals surface area (Å²) in [5.74, 6) is 0.589. The number of carbonyl (C=O) groups excluding carboxylic acids is 1. The molecule has 1 aliphatic heterocycles. The summed E-state index contributed by atoms with van der Waals surface area (Å²) in [6.07, 6.45) is 5.24. The van der Waals surface area contributed by atoms with Gasteiger partial charge in [0.25, 0.3) is 0 Å². The van der Waals surface area contributed by atoms with Crippen LogP contribution in [0.4, 0.5) is 11.4 Å². The third-order valence-electron chi connectivity index (χ3n) is 7.18. The Morgan fingerprint density at radius 2 is 1.90 bits per heavy atom. The standard InChI is InChI=1S/C31H37N5O5S/c32-26-13-10-22(29-6-5-15-42-29)16-27(26)33-30(39)7-3-1-2-4-14-36-19-28(34-35-36)21-8-11-24(12-9-21)40-31-18-23(38)17-25(20-37)41-31/h5-6,8-13,15-16,19,23,25,31,37-38H,1-4,7,14,17-18,20,32H2,(H,33,39)/t23-,25?,31-/m0/s1. The van der Waals surface area contributed by atoms with Gasteiger partial charge in [0.2, 0.25) is 12.2 Å². The Balaban J connectivity index is 1.00. The highest BCUT2D eigenvalue weighted by Gasteiger charge is 2.29. The van der Waals surface area contributed by atoms with Crippen LogP contribution in [0.2, 0.25) is 0 Å². The first-order valence-electron chi connectivity index (χ1n) is 14.3. The second-order valence-corrected chi connectivity index (χ2v) is 11.4. The molecule has 1 aliphatic rings. The Hall–Kier alpha value is -3.77. The van der Waals surface area contributed by atoms with Crippen molar-refractivity contribution in [2.24, 2.45) is 0 Å². The average Bonchev–Trinajstić information content (AvgIpc) is 3.69. The summed E-state index contributed by atoms with van der Waals surface area (Å²) in [4.78, 5) is 13.6. The van der Waals surface area contributed by atoms with Gasteiger partial charge in [-0.25, -0.2) is 0 Å². The first kappa shape index (κ1) is 29.7. The highest BCUT2D eigenvalue weighted by molar-refractivity contribution is 7.13. The predicted octanol–water partition coefficient (Wildman–Crippen LogP) is 5.08. The highest BCUT2D eigenvalue weighted by atomic mass is 32.1. The zero-order chi connectivity index (χ0) is 29.3. The number of ether oxygens (including phenoxy) is 2. The number of unbranched alkanes of at least 4 members (excludes halogenated alkanes) is 3. The molecule has 1 amide bonds. The minimum Gasteiger partial charge on any atom is -0.465 e. The van der Waals surface area contributed by atoms with E-state index in [0.717, 1.165) is 53.9 Å². The van der Waals surface area contributed by atoms with E-state index in [0.29, 0.717) is 36.4 Å². The number of nitrogen functional groups attached to an aromatic ring is 1. The molecular formula is C31H37N5O5S. The number of aryl methyl sites for hydroxylation is 1. The summed E-state index contributed by atoms with van der Waals surface area (Å²) in [5, 5.41) is 32.8. The van der Waals surface area contributed by atoms with Crippen molar-refractivity contribution in [1.82, 2.24) is 15.0 Å². The maximum atomic E-state index is 12.5. The van der Waals surface area contributed by atoms with Gasteiger partial charge in [0.15, 0.2) is 0 Å². The highest BCUT2D eigenvalue weighted by Crippen LogP contribution is 2.30. The zero-order valence-corrected chi connectivity index (χ0v) is 24.2. The number of hydrogen-bond donors (Lipinski definition) is 4. The number of aliphatic hydroxyl groups excluding tert-OH is 2. The molecule has 3 heterocycles. The van der Waals surface area contributed by atoms with E-state index in [4.69, 9.17) is 15.2 Å². The SMILES string of the molecule is Nc1ccc(-c2cccs2)cc1NC(=O)CCCCCCn1cc(-c2ccc(O[C@@H]3C[C@@H](O)CC(CO)O3)cc2)nn1. The van der Waals surface area contributed by atoms with Gasteiger partial charge >= 0.3 is 0 Å². The lowest BCUT2D eigenvalue weighted by Crippen LogP contribution is -2.40. The van der Waals surface area contributed by atoms with Crippen LogP contribution in [-0.2, 0) is 16.1 Å². The minimum atomic E-state index is -0.598. The van der Waals surface area contributed by atoms with Gasteiger partial charge in [0.1, 0.15) is 11.4 Å². The van der Waals surface area contributed by atoms with Crippen molar-refractivity contribution >= 4 is 28.6 Å². The minimum absolute atomic E-state index is 0.0272. The molecule has 222 valence electrons. The fourth-order valence-corrected chi connectivity index (χ4v) is 5.65. The average molecular weight is 592 g/mol. The van der Waals surface area contributed by atoms with Crippen molar-refractivity contribution in [1.29, 1.82) is 0 Å². The quantitative estimate of drug-likeness (QED) is 0.124. The largest absolute Gasteiger partial charge is 0.465 e. The molecule has 0 radical (unpaired) electrons. The van der Waals surface area contributed by atoms with Crippen LogP contribution in [-0.4, -0.2) is 56.2 Å². The number of nitrogens with one attached hydrogen (secondary N) is 1. The van der Waals surface area contributed by atoms with Crippen molar-refractivity contribution in [3.63, 3.8) is 0 Å². The molecule has 2 aromatic carbocycles. The Morgan fingerprint density at radius 1 is 1.10 bits per heavy atom. The maximum Gasteiger partial charge on any atom is 0.224 e. The molecule has 42 heavy (non-hydrogen) atoms. The molecule has 5 rings (SSSR count). The summed E-state index contributed by atoms with van der Waals surface area (Å²) in [6, 6.07) is 17.3. The number of nitrogens with zero attached hydrogens (tertiary/aromatic N) is 3. The van der Waals surface area contributed by atoms with Crippen LogP contribution < -0.4 is 15.8 Å². The molecule has 1 fully saturated rings. The molecule has 3 atom stereocenters. The van der Waals surface area contributed by atoms with E-state index in [9.17, 15) is 15.0 Å². The van der Waals surface area contributed by atoms with Crippen LogP contribution in [0.3, 0.4) is 0 Å². The van der Waals surface area contributed by atoms with Crippen molar-refractivity contribution in [3.8, 4) is 27.4 Å². The number of aromatic nitrogens is 3. The fourth-order valence-electron chi connectivity index (χ4n) is 4.92. The van der Waals surface area contributed by atoms with Crippen LogP contribution in [0.1, 0.15) is 44.9 Å². The number of rotatable bonds is 13. The number of carbonyl (C=O) groups is 1. The van der Waals surface area contributed by atoms with Gasteiger partial charge in [0.05, 0.1) is 36.4 Å². The lowest BCUT2D eigenvalue weighted by molar-refractivity contribution is -0.184. The van der Waals surface area contributed by atoms with Gasteiger partial charge in [0, 0.05) is 36.2 Å². The van der Waals surface area contributed by atoms with E-state index in [1.54, 1.807) is 11.3 Å². The monoisotopic (exact) mass is 591 g/mol. The van der Waals surface area contributed by atoms with E-state index in [1.165, 1.54) is 0 Å². The van der Waals surface area contributed by atoms with Crippen molar-refractivity contribution in [2.75, 3.05) is 17.7 Å². The van der Waals surface area contributed by atoms with Crippen LogP contribution in [0.5, 0.6) is 5.75 Å². The Bertz CT molecular complexity index is 1430. The lowest BCUT2D eigenvalue weighted by atomic mass is 10.1. The number of anilines is 2. The van der Waals surface area contributed by atoms with Crippen molar-refractivity contribution in [3.05, 3.63) is 66.2 Å². The summed E-state index contributed by atoms with van der Waals surface area (Å²) in [5.41, 5.74) is 10.0. The zero-order valence-electron chi connectivity index (χ0n) is 23.4. The molecule has 0 aliphatic carbocycles. The Labute approximate surface area is 249 Å². The Kier molecular flexibility index (Phi) is 10.2. The van der Waals surface area contributed by atoms with Crippen molar-refractivity contribution < 1.29 is 24.5 Å². The first-order chi connectivity index (χ1) is 20.5. The lowest BCUT2D eigenvalue weighted by Gasteiger charge is -2.32. The van der Waals surface area contributed by atoms with Crippen LogP contribution in [0.15, 0.2) is 66.2 Å². The summed E-state index contributed by atoms with van der Waals surface area (Å²) >= 11 is 1.65. The number of thiophene rings is 1. The van der Waals surface area contributed by atoms with Gasteiger partial charge < -0.3 is 30.7 Å². The summed E-state index contributed by atoms with van der Waals surface area (Å²) in [6.45, 7) is 0.602.